The van der Waals surface area contributed by atoms with Gasteiger partial charge < -0.3 is 9.64 Å². The van der Waals surface area contributed by atoms with E-state index in [1.807, 2.05) is 24.3 Å². The Morgan fingerprint density at radius 1 is 1.38 bits per heavy atom. The average molecular weight is 287 g/mol. The summed E-state index contributed by atoms with van der Waals surface area (Å²) in [5, 5.41) is 7.80. The minimum atomic E-state index is -0.251. The van der Waals surface area contributed by atoms with E-state index in [4.69, 9.17) is 4.74 Å². The molecule has 1 unspecified atom stereocenters. The Morgan fingerprint density at radius 2 is 2.19 bits per heavy atom. The van der Waals surface area contributed by atoms with E-state index in [-0.39, 0.29) is 17.8 Å². The quantitative estimate of drug-likeness (QED) is 0.851. The molecule has 1 aromatic carbocycles. The summed E-state index contributed by atoms with van der Waals surface area (Å²) in [4.78, 5) is 26.0. The van der Waals surface area contributed by atoms with Crippen molar-refractivity contribution in [2.24, 2.45) is 5.92 Å². The fourth-order valence-electron chi connectivity index (χ4n) is 2.80. The summed E-state index contributed by atoms with van der Waals surface area (Å²) in [6.07, 6.45) is 1.56. The summed E-state index contributed by atoms with van der Waals surface area (Å²) in [7, 11) is 1.38. The van der Waals surface area contributed by atoms with Crippen LogP contribution >= 0.6 is 0 Å². The molecule has 1 fully saturated rings. The Balaban J connectivity index is 1.83. The van der Waals surface area contributed by atoms with Crippen LogP contribution in [0.4, 0.5) is 0 Å². The number of carbonyl (C=O) groups is 2. The molecule has 1 aliphatic rings. The van der Waals surface area contributed by atoms with Gasteiger partial charge in [0.2, 0.25) is 0 Å². The highest BCUT2D eigenvalue weighted by molar-refractivity contribution is 6.04. The minimum Gasteiger partial charge on any atom is -0.469 e. The molecule has 0 saturated carbocycles. The van der Waals surface area contributed by atoms with E-state index in [2.05, 4.69) is 10.2 Å². The van der Waals surface area contributed by atoms with Gasteiger partial charge >= 0.3 is 5.97 Å². The van der Waals surface area contributed by atoms with E-state index in [0.29, 0.717) is 18.8 Å². The number of aromatic amines is 1. The number of benzene rings is 1. The molecule has 0 radical (unpaired) electrons. The predicted molar refractivity (Wildman–Crippen MR) is 76.7 cm³/mol. The molecule has 0 bridgehead atoms. The van der Waals surface area contributed by atoms with Crippen molar-refractivity contribution in [2.45, 2.75) is 12.8 Å². The van der Waals surface area contributed by atoms with Crippen molar-refractivity contribution >= 4 is 22.8 Å². The van der Waals surface area contributed by atoms with Crippen molar-refractivity contribution < 1.29 is 14.3 Å². The average Bonchev–Trinajstić information content (AvgIpc) is 2.97. The molecule has 0 spiro atoms. The molecule has 6 nitrogen and oxygen atoms in total. The highest BCUT2D eigenvalue weighted by Crippen LogP contribution is 2.22. The number of nitrogens with one attached hydrogen (secondary N) is 1. The van der Waals surface area contributed by atoms with Gasteiger partial charge in [-0.05, 0) is 18.9 Å². The Labute approximate surface area is 122 Å². The van der Waals surface area contributed by atoms with Crippen LogP contribution in [0.1, 0.15) is 23.3 Å². The van der Waals surface area contributed by atoms with Gasteiger partial charge in [0, 0.05) is 18.5 Å². The molecule has 1 aromatic heterocycles. The first-order valence-electron chi connectivity index (χ1n) is 7.01. The van der Waals surface area contributed by atoms with Gasteiger partial charge in [-0.2, -0.15) is 5.10 Å². The van der Waals surface area contributed by atoms with Crippen molar-refractivity contribution in [3.63, 3.8) is 0 Å². The van der Waals surface area contributed by atoms with Crippen molar-refractivity contribution in [3.8, 4) is 0 Å². The summed E-state index contributed by atoms with van der Waals surface area (Å²) in [5.41, 5.74) is 1.25. The van der Waals surface area contributed by atoms with E-state index >= 15 is 0 Å². The normalized spacial score (nSPS) is 18.7. The van der Waals surface area contributed by atoms with Crippen LogP contribution in [-0.2, 0) is 9.53 Å². The zero-order valence-electron chi connectivity index (χ0n) is 11.8. The second kappa shape index (κ2) is 5.55. The molecule has 21 heavy (non-hydrogen) atoms. The van der Waals surface area contributed by atoms with Crippen LogP contribution < -0.4 is 0 Å². The summed E-state index contributed by atoms with van der Waals surface area (Å²) < 4.78 is 4.78. The van der Waals surface area contributed by atoms with Crippen LogP contribution in [0.3, 0.4) is 0 Å². The number of H-pyrrole nitrogens is 1. The van der Waals surface area contributed by atoms with Crippen molar-refractivity contribution in [1.29, 1.82) is 0 Å². The zero-order chi connectivity index (χ0) is 14.8. The second-order valence-corrected chi connectivity index (χ2v) is 5.23. The van der Waals surface area contributed by atoms with Crippen LogP contribution in [-0.4, -0.2) is 47.2 Å². The number of esters is 1. The first-order chi connectivity index (χ1) is 10.2. The molecule has 2 heterocycles. The molecule has 1 N–H and O–H groups in total. The highest BCUT2D eigenvalue weighted by Gasteiger charge is 2.30. The number of methoxy groups -OCH3 is 1. The lowest BCUT2D eigenvalue weighted by molar-refractivity contribution is -0.146. The van der Waals surface area contributed by atoms with E-state index in [1.165, 1.54) is 7.11 Å². The number of nitrogens with zero attached hydrogens (tertiary/aromatic N) is 2. The maximum Gasteiger partial charge on any atom is 0.310 e. The zero-order valence-corrected chi connectivity index (χ0v) is 11.8. The molecule has 110 valence electrons. The third kappa shape index (κ3) is 2.49. The fourth-order valence-corrected chi connectivity index (χ4v) is 2.80. The number of piperidine rings is 1. The number of carbonyl (C=O) groups excluding carboxylic acids is 2. The monoisotopic (exact) mass is 287 g/mol. The molecular formula is C15H17N3O3. The van der Waals surface area contributed by atoms with Crippen molar-refractivity contribution in [1.82, 2.24) is 15.1 Å². The Kier molecular flexibility index (Phi) is 3.60. The Hall–Kier alpha value is -2.37. The smallest absolute Gasteiger partial charge is 0.310 e. The number of hydrogen-bond donors (Lipinski definition) is 1. The van der Waals surface area contributed by atoms with E-state index in [1.54, 1.807) is 4.90 Å². The predicted octanol–water partition coefficient (Wildman–Crippen LogP) is 1.59. The number of fused-ring (bicyclic) bond motifs is 1. The number of likely N-dealkylation sites (tertiary alicyclic amines) is 1. The molecule has 6 heteroatoms. The number of rotatable bonds is 2. The van der Waals surface area contributed by atoms with E-state index in [0.717, 1.165) is 23.7 Å². The molecule has 1 saturated heterocycles. The van der Waals surface area contributed by atoms with Crippen LogP contribution in [0.5, 0.6) is 0 Å². The second-order valence-electron chi connectivity index (χ2n) is 5.23. The number of ether oxygens (including phenoxy) is 1. The van der Waals surface area contributed by atoms with Crippen LogP contribution in [0.25, 0.3) is 10.9 Å². The fraction of sp³-hybridized carbons (Fsp3) is 0.400. The summed E-state index contributed by atoms with van der Waals surface area (Å²) in [6.45, 7) is 1.04. The number of aromatic nitrogens is 2. The van der Waals surface area contributed by atoms with Gasteiger partial charge in [0.25, 0.3) is 5.91 Å². The third-order valence-corrected chi connectivity index (χ3v) is 3.92. The number of hydrogen-bond acceptors (Lipinski definition) is 4. The summed E-state index contributed by atoms with van der Waals surface area (Å²) >= 11 is 0. The van der Waals surface area contributed by atoms with Crippen LogP contribution in [0.15, 0.2) is 24.3 Å². The van der Waals surface area contributed by atoms with E-state index < -0.39 is 0 Å². The van der Waals surface area contributed by atoms with Crippen molar-refractivity contribution in [3.05, 3.63) is 30.0 Å². The standard InChI is InChI=1S/C15H17N3O3/c1-21-15(20)10-5-4-8-18(9-10)14(19)13-11-6-2-3-7-12(11)16-17-13/h2-3,6-7,10H,4-5,8-9H2,1H3,(H,16,17). The first-order valence-corrected chi connectivity index (χ1v) is 7.01. The van der Waals surface area contributed by atoms with Gasteiger partial charge in [-0.15, -0.1) is 0 Å². The summed E-state index contributed by atoms with van der Waals surface area (Å²) in [6, 6.07) is 7.52. The molecule has 1 aliphatic heterocycles. The third-order valence-electron chi connectivity index (χ3n) is 3.92. The molecular weight excluding hydrogens is 270 g/mol. The lowest BCUT2D eigenvalue weighted by Gasteiger charge is -2.30. The molecule has 0 aliphatic carbocycles. The maximum absolute atomic E-state index is 12.6. The van der Waals surface area contributed by atoms with Gasteiger partial charge in [0.1, 0.15) is 0 Å². The van der Waals surface area contributed by atoms with Crippen LogP contribution in [0.2, 0.25) is 0 Å². The van der Waals surface area contributed by atoms with Gasteiger partial charge in [-0.25, -0.2) is 0 Å². The van der Waals surface area contributed by atoms with Crippen LogP contribution in [0, 0.1) is 5.92 Å². The lowest BCUT2D eigenvalue weighted by Crippen LogP contribution is -2.42. The van der Waals surface area contributed by atoms with Gasteiger partial charge in [-0.1, -0.05) is 18.2 Å². The Morgan fingerprint density at radius 3 is 3.00 bits per heavy atom. The molecule has 2 aromatic rings. The van der Waals surface area contributed by atoms with Gasteiger partial charge in [-0.3, -0.25) is 14.7 Å². The number of amides is 1. The molecule has 1 amide bonds. The molecule has 1 atom stereocenters. The topological polar surface area (TPSA) is 75.3 Å². The molecule has 3 rings (SSSR count). The largest absolute Gasteiger partial charge is 0.469 e. The van der Waals surface area contributed by atoms with E-state index in [9.17, 15) is 9.59 Å². The maximum atomic E-state index is 12.6. The number of para-hydroxylation sites is 1. The first kappa shape index (κ1) is 13.6. The van der Waals surface area contributed by atoms with Crippen molar-refractivity contribution in [2.75, 3.05) is 20.2 Å². The van der Waals surface area contributed by atoms with Gasteiger partial charge in [0.05, 0.1) is 18.5 Å². The SMILES string of the molecule is COC(=O)C1CCCN(C(=O)c2n[nH]c3ccccc23)C1. The minimum absolute atomic E-state index is 0.138. The summed E-state index contributed by atoms with van der Waals surface area (Å²) in [5.74, 6) is -0.627. The highest BCUT2D eigenvalue weighted by atomic mass is 16.5. The lowest BCUT2D eigenvalue weighted by atomic mass is 9.98. The van der Waals surface area contributed by atoms with Gasteiger partial charge in [0.15, 0.2) is 5.69 Å². The Bertz CT molecular complexity index is 680.